The van der Waals surface area contributed by atoms with E-state index in [2.05, 4.69) is 31.2 Å². The molecule has 0 bridgehead atoms. The fraction of sp³-hybridized carbons (Fsp3) is 0. The molecule has 4 nitrogen and oxygen atoms in total. The predicted octanol–water partition coefficient (Wildman–Crippen LogP) is 3.80. The lowest BCUT2D eigenvalue weighted by atomic mass is 10.2. The number of halogens is 3. The van der Waals surface area contributed by atoms with Gasteiger partial charge in [-0.1, -0.05) is 23.2 Å². The molecule has 2 aromatic heterocycles. The normalized spacial score (nSPS) is 10.2. The molecule has 0 aliphatic heterocycles. The third-order valence-electron chi connectivity index (χ3n) is 2.03. The molecule has 0 atom stereocenters. The SMILES string of the molecule is O=C(Nc1cccnc1Br)c1cc(Cl)nc(Cl)c1. The van der Waals surface area contributed by atoms with Gasteiger partial charge in [-0.05, 0) is 40.2 Å². The average molecular weight is 347 g/mol. The zero-order chi connectivity index (χ0) is 13.1. The highest BCUT2D eigenvalue weighted by Gasteiger charge is 2.10. The van der Waals surface area contributed by atoms with Gasteiger partial charge in [0.1, 0.15) is 14.9 Å². The van der Waals surface area contributed by atoms with Crippen molar-refractivity contribution in [1.29, 1.82) is 0 Å². The molecular weight excluding hydrogens is 341 g/mol. The monoisotopic (exact) mass is 345 g/mol. The maximum absolute atomic E-state index is 12.0. The second-order valence-corrected chi connectivity index (χ2v) is 4.82. The minimum atomic E-state index is -0.338. The number of amides is 1. The van der Waals surface area contributed by atoms with Crippen molar-refractivity contribution in [3.63, 3.8) is 0 Å². The fourth-order valence-corrected chi connectivity index (χ4v) is 2.08. The summed E-state index contributed by atoms with van der Waals surface area (Å²) >= 11 is 14.7. The number of nitrogens with one attached hydrogen (secondary N) is 1. The quantitative estimate of drug-likeness (QED) is 0.841. The first-order chi connectivity index (χ1) is 8.56. The molecule has 0 radical (unpaired) electrons. The maximum Gasteiger partial charge on any atom is 0.255 e. The van der Waals surface area contributed by atoms with Crippen LogP contribution in [0.5, 0.6) is 0 Å². The second-order valence-electron chi connectivity index (χ2n) is 3.30. The van der Waals surface area contributed by atoms with Gasteiger partial charge in [0.25, 0.3) is 5.91 Å². The standard InChI is InChI=1S/C11H6BrCl2N3O/c12-10-7(2-1-3-15-10)16-11(18)6-4-8(13)17-9(14)5-6/h1-5H,(H,16,18). The third-order valence-corrected chi connectivity index (χ3v) is 3.05. The Morgan fingerprint density at radius 3 is 2.56 bits per heavy atom. The summed E-state index contributed by atoms with van der Waals surface area (Å²) in [6.45, 7) is 0. The predicted molar refractivity (Wildman–Crippen MR) is 74.1 cm³/mol. The van der Waals surface area contributed by atoms with E-state index in [9.17, 15) is 4.79 Å². The number of pyridine rings is 2. The summed E-state index contributed by atoms with van der Waals surface area (Å²) in [6.07, 6.45) is 1.61. The van der Waals surface area contributed by atoms with Crippen LogP contribution in [0.4, 0.5) is 5.69 Å². The van der Waals surface area contributed by atoms with Crippen molar-refractivity contribution < 1.29 is 4.79 Å². The van der Waals surface area contributed by atoms with Crippen molar-refractivity contribution in [2.45, 2.75) is 0 Å². The van der Waals surface area contributed by atoms with Gasteiger partial charge in [-0.2, -0.15) is 0 Å². The molecule has 0 saturated heterocycles. The zero-order valence-electron chi connectivity index (χ0n) is 8.82. The Kier molecular flexibility index (Phi) is 4.16. The lowest BCUT2D eigenvalue weighted by Crippen LogP contribution is -2.12. The van der Waals surface area contributed by atoms with E-state index in [0.717, 1.165) is 0 Å². The highest BCUT2D eigenvalue weighted by Crippen LogP contribution is 2.20. The van der Waals surface area contributed by atoms with E-state index in [4.69, 9.17) is 23.2 Å². The van der Waals surface area contributed by atoms with Gasteiger partial charge in [0.2, 0.25) is 0 Å². The Labute approximate surface area is 121 Å². The molecule has 7 heteroatoms. The number of nitrogens with zero attached hydrogens (tertiary/aromatic N) is 2. The smallest absolute Gasteiger partial charge is 0.255 e. The number of hydrogen-bond donors (Lipinski definition) is 1. The summed E-state index contributed by atoms with van der Waals surface area (Å²) < 4.78 is 0.546. The Morgan fingerprint density at radius 2 is 1.94 bits per heavy atom. The summed E-state index contributed by atoms with van der Waals surface area (Å²) in [4.78, 5) is 19.7. The van der Waals surface area contributed by atoms with Crippen molar-refractivity contribution in [3.8, 4) is 0 Å². The van der Waals surface area contributed by atoms with E-state index in [1.807, 2.05) is 0 Å². The summed E-state index contributed by atoms with van der Waals surface area (Å²) in [6, 6.07) is 6.31. The number of aromatic nitrogens is 2. The van der Waals surface area contributed by atoms with Crippen molar-refractivity contribution in [2.24, 2.45) is 0 Å². The first-order valence-electron chi connectivity index (χ1n) is 4.81. The van der Waals surface area contributed by atoms with Gasteiger partial charge in [0.15, 0.2) is 0 Å². The topological polar surface area (TPSA) is 54.9 Å². The molecular formula is C11H6BrCl2N3O. The minimum Gasteiger partial charge on any atom is -0.320 e. The molecule has 1 amide bonds. The number of hydrogen-bond acceptors (Lipinski definition) is 3. The molecule has 2 aromatic rings. The Morgan fingerprint density at radius 1 is 1.28 bits per heavy atom. The van der Waals surface area contributed by atoms with Gasteiger partial charge in [-0.25, -0.2) is 9.97 Å². The molecule has 0 aliphatic carbocycles. The van der Waals surface area contributed by atoms with Crippen LogP contribution in [-0.4, -0.2) is 15.9 Å². The van der Waals surface area contributed by atoms with Crippen molar-refractivity contribution in [1.82, 2.24) is 9.97 Å². The van der Waals surface area contributed by atoms with Gasteiger partial charge < -0.3 is 5.32 Å². The van der Waals surface area contributed by atoms with E-state index < -0.39 is 0 Å². The number of anilines is 1. The van der Waals surface area contributed by atoms with Crippen LogP contribution in [0, 0.1) is 0 Å². The molecule has 92 valence electrons. The summed E-state index contributed by atoms with van der Waals surface area (Å²) in [5, 5.41) is 3.02. The van der Waals surface area contributed by atoms with Crippen LogP contribution in [0.25, 0.3) is 0 Å². The van der Waals surface area contributed by atoms with Crippen LogP contribution in [0.15, 0.2) is 35.1 Å². The first-order valence-corrected chi connectivity index (χ1v) is 6.36. The van der Waals surface area contributed by atoms with E-state index >= 15 is 0 Å². The van der Waals surface area contributed by atoms with E-state index in [-0.39, 0.29) is 16.2 Å². The summed E-state index contributed by atoms with van der Waals surface area (Å²) in [7, 11) is 0. The lowest BCUT2D eigenvalue weighted by molar-refractivity contribution is 0.102. The molecule has 0 saturated carbocycles. The zero-order valence-corrected chi connectivity index (χ0v) is 11.9. The highest BCUT2D eigenvalue weighted by atomic mass is 79.9. The van der Waals surface area contributed by atoms with Crippen molar-refractivity contribution in [2.75, 3.05) is 5.32 Å². The molecule has 0 spiro atoms. The highest BCUT2D eigenvalue weighted by molar-refractivity contribution is 9.10. The molecule has 0 unspecified atom stereocenters. The summed E-state index contributed by atoms with van der Waals surface area (Å²) in [5.74, 6) is -0.338. The second kappa shape index (κ2) is 5.65. The van der Waals surface area contributed by atoms with E-state index in [1.165, 1.54) is 12.1 Å². The van der Waals surface area contributed by atoms with Gasteiger partial charge in [-0.15, -0.1) is 0 Å². The van der Waals surface area contributed by atoms with Crippen LogP contribution in [0.2, 0.25) is 10.3 Å². The van der Waals surface area contributed by atoms with Crippen LogP contribution in [-0.2, 0) is 0 Å². The van der Waals surface area contributed by atoms with Crippen molar-refractivity contribution in [3.05, 3.63) is 50.9 Å². The molecule has 18 heavy (non-hydrogen) atoms. The largest absolute Gasteiger partial charge is 0.320 e. The number of rotatable bonds is 2. The van der Waals surface area contributed by atoms with Crippen LogP contribution in [0.1, 0.15) is 10.4 Å². The molecule has 2 heterocycles. The van der Waals surface area contributed by atoms with Crippen LogP contribution < -0.4 is 5.32 Å². The van der Waals surface area contributed by atoms with E-state index in [1.54, 1.807) is 18.3 Å². The molecule has 1 N–H and O–H groups in total. The maximum atomic E-state index is 12.0. The minimum absolute atomic E-state index is 0.165. The number of carbonyl (C=O) groups is 1. The molecule has 2 rings (SSSR count). The van der Waals surface area contributed by atoms with Gasteiger partial charge in [0, 0.05) is 11.8 Å². The Balaban J connectivity index is 2.25. The number of carbonyl (C=O) groups excluding carboxylic acids is 1. The van der Waals surface area contributed by atoms with Crippen LogP contribution in [0.3, 0.4) is 0 Å². The van der Waals surface area contributed by atoms with E-state index in [0.29, 0.717) is 15.9 Å². The van der Waals surface area contributed by atoms with Crippen molar-refractivity contribution >= 4 is 50.7 Å². The molecule has 0 aliphatic rings. The molecule has 0 aromatic carbocycles. The lowest BCUT2D eigenvalue weighted by Gasteiger charge is -2.06. The van der Waals surface area contributed by atoms with Gasteiger partial charge in [0.05, 0.1) is 5.69 Å². The molecule has 0 fully saturated rings. The first kappa shape index (κ1) is 13.3. The van der Waals surface area contributed by atoms with Gasteiger partial charge >= 0.3 is 0 Å². The van der Waals surface area contributed by atoms with Gasteiger partial charge in [-0.3, -0.25) is 4.79 Å². The average Bonchev–Trinajstić information content (AvgIpc) is 2.31. The fourth-order valence-electron chi connectivity index (χ4n) is 1.27. The Hall–Kier alpha value is -1.17. The Bertz CT molecular complexity index is 586. The third kappa shape index (κ3) is 3.19. The summed E-state index contributed by atoms with van der Waals surface area (Å²) in [5.41, 5.74) is 0.891. The van der Waals surface area contributed by atoms with Crippen LogP contribution >= 0.6 is 39.1 Å².